The Hall–Kier alpha value is -1.87. The normalized spacial score (nSPS) is 13.0. The smallest absolute Gasteiger partial charge is 0.125 e. The van der Waals surface area contributed by atoms with Gasteiger partial charge in [0.05, 0.1) is 12.7 Å². The van der Waals surface area contributed by atoms with E-state index in [9.17, 15) is 9.50 Å². The molecule has 0 aromatic heterocycles. The lowest BCUT2D eigenvalue weighted by Crippen LogP contribution is -2.27. The zero-order valence-electron chi connectivity index (χ0n) is 12.6. The maximum atomic E-state index is 13.1. The SMILES string of the molecule is CCOc1ccccc1C(O)C(C)(C)c1ccc(F)cc1. The second-order valence-electron chi connectivity index (χ2n) is 5.60. The first-order chi connectivity index (χ1) is 9.96. The first-order valence-corrected chi connectivity index (χ1v) is 7.12. The Morgan fingerprint density at radius 1 is 1.10 bits per heavy atom. The van der Waals surface area contributed by atoms with Crippen molar-refractivity contribution in [3.63, 3.8) is 0 Å². The maximum Gasteiger partial charge on any atom is 0.125 e. The molecule has 1 unspecified atom stereocenters. The zero-order chi connectivity index (χ0) is 15.5. The van der Waals surface area contributed by atoms with Crippen molar-refractivity contribution in [2.45, 2.75) is 32.3 Å². The van der Waals surface area contributed by atoms with E-state index in [4.69, 9.17) is 4.74 Å². The van der Waals surface area contributed by atoms with E-state index in [2.05, 4.69) is 0 Å². The molecule has 0 fully saturated rings. The van der Waals surface area contributed by atoms with E-state index in [1.165, 1.54) is 12.1 Å². The number of aliphatic hydroxyl groups excluding tert-OH is 1. The summed E-state index contributed by atoms with van der Waals surface area (Å²) in [7, 11) is 0. The molecular formula is C18H21FO2. The number of rotatable bonds is 5. The summed E-state index contributed by atoms with van der Waals surface area (Å²) in [6.07, 6.45) is -0.745. The molecule has 0 bridgehead atoms. The molecule has 21 heavy (non-hydrogen) atoms. The van der Waals surface area contributed by atoms with Crippen LogP contribution >= 0.6 is 0 Å². The van der Waals surface area contributed by atoms with Gasteiger partial charge >= 0.3 is 0 Å². The number of aliphatic hydroxyl groups is 1. The van der Waals surface area contributed by atoms with Gasteiger partial charge in [0.1, 0.15) is 11.6 Å². The highest BCUT2D eigenvalue weighted by molar-refractivity contribution is 5.39. The minimum Gasteiger partial charge on any atom is -0.493 e. The standard InChI is InChI=1S/C18H21FO2/c1-4-21-16-8-6-5-7-15(16)17(20)18(2,3)13-9-11-14(19)12-10-13/h5-12,17,20H,4H2,1-3H3. The van der Waals surface area contributed by atoms with Gasteiger partial charge in [0.15, 0.2) is 0 Å². The zero-order valence-corrected chi connectivity index (χ0v) is 12.6. The average Bonchev–Trinajstić information content (AvgIpc) is 2.48. The molecule has 1 atom stereocenters. The Bertz CT molecular complexity index is 590. The van der Waals surface area contributed by atoms with E-state index < -0.39 is 11.5 Å². The van der Waals surface area contributed by atoms with E-state index in [0.717, 1.165) is 11.1 Å². The molecular weight excluding hydrogens is 267 g/mol. The first-order valence-electron chi connectivity index (χ1n) is 7.12. The van der Waals surface area contributed by atoms with Gasteiger partial charge in [-0.15, -0.1) is 0 Å². The summed E-state index contributed by atoms with van der Waals surface area (Å²) in [5.74, 6) is 0.404. The summed E-state index contributed by atoms with van der Waals surface area (Å²) in [6.45, 7) is 6.33. The van der Waals surface area contributed by atoms with E-state index in [0.29, 0.717) is 12.4 Å². The van der Waals surface area contributed by atoms with Crippen LogP contribution in [0.25, 0.3) is 0 Å². The number of hydrogen-bond donors (Lipinski definition) is 1. The molecule has 0 amide bonds. The Balaban J connectivity index is 2.38. The van der Waals surface area contributed by atoms with Crippen molar-refractivity contribution in [3.8, 4) is 5.75 Å². The highest BCUT2D eigenvalue weighted by Gasteiger charge is 2.32. The third-order valence-corrected chi connectivity index (χ3v) is 3.79. The van der Waals surface area contributed by atoms with Gasteiger partial charge in [0, 0.05) is 11.0 Å². The van der Waals surface area contributed by atoms with Crippen LogP contribution in [-0.2, 0) is 5.41 Å². The molecule has 0 aliphatic carbocycles. The van der Waals surface area contributed by atoms with Gasteiger partial charge in [0.2, 0.25) is 0 Å². The van der Waals surface area contributed by atoms with Gasteiger partial charge in [-0.3, -0.25) is 0 Å². The van der Waals surface area contributed by atoms with Crippen LogP contribution in [0.3, 0.4) is 0 Å². The van der Waals surface area contributed by atoms with Crippen molar-refractivity contribution in [1.29, 1.82) is 0 Å². The Labute approximate surface area is 125 Å². The summed E-state index contributed by atoms with van der Waals surface area (Å²) < 4.78 is 18.7. The minimum atomic E-state index is -0.745. The van der Waals surface area contributed by atoms with Crippen LogP contribution in [0.4, 0.5) is 4.39 Å². The quantitative estimate of drug-likeness (QED) is 0.892. The Morgan fingerprint density at radius 2 is 1.71 bits per heavy atom. The highest BCUT2D eigenvalue weighted by Crippen LogP contribution is 2.40. The molecule has 2 rings (SSSR count). The predicted octanol–water partition coefficient (Wildman–Crippen LogP) is 4.24. The van der Waals surface area contributed by atoms with Crippen LogP contribution < -0.4 is 4.74 Å². The van der Waals surface area contributed by atoms with Gasteiger partial charge in [-0.2, -0.15) is 0 Å². The summed E-state index contributed by atoms with van der Waals surface area (Å²) in [5, 5.41) is 10.8. The third kappa shape index (κ3) is 3.24. The Kier molecular flexibility index (Phi) is 4.63. The molecule has 0 saturated heterocycles. The van der Waals surface area contributed by atoms with Gasteiger partial charge < -0.3 is 9.84 Å². The van der Waals surface area contributed by atoms with Crippen molar-refractivity contribution in [2.75, 3.05) is 6.61 Å². The highest BCUT2D eigenvalue weighted by atomic mass is 19.1. The third-order valence-electron chi connectivity index (χ3n) is 3.79. The van der Waals surface area contributed by atoms with Crippen molar-refractivity contribution < 1.29 is 14.2 Å². The largest absolute Gasteiger partial charge is 0.493 e. The van der Waals surface area contributed by atoms with Gasteiger partial charge in [-0.1, -0.05) is 44.2 Å². The second-order valence-corrected chi connectivity index (χ2v) is 5.60. The fourth-order valence-corrected chi connectivity index (χ4v) is 2.42. The monoisotopic (exact) mass is 288 g/mol. The predicted molar refractivity (Wildman–Crippen MR) is 82.0 cm³/mol. The van der Waals surface area contributed by atoms with Gasteiger partial charge in [-0.25, -0.2) is 4.39 Å². The number of hydrogen-bond acceptors (Lipinski definition) is 2. The summed E-state index contributed by atoms with van der Waals surface area (Å²) >= 11 is 0. The molecule has 0 heterocycles. The summed E-state index contributed by atoms with van der Waals surface area (Å²) in [4.78, 5) is 0. The molecule has 0 aliphatic rings. The Morgan fingerprint density at radius 3 is 2.33 bits per heavy atom. The minimum absolute atomic E-state index is 0.279. The van der Waals surface area contributed by atoms with Crippen molar-refractivity contribution in [2.24, 2.45) is 0 Å². The molecule has 2 aromatic carbocycles. The van der Waals surface area contributed by atoms with Crippen LogP contribution in [0.15, 0.2) is 48.5 Å². The lowest BCUT2D eigenvalue weighted by molar-refractivity contribution is 0.0966. The van der Waals surface area contributed by atoms with Crippen molar-refractivity contribution >= 4 is 0 Å². The lowest BCUT2D eigenvalue weighted by atomic mass is 9.76. The van der Waals surface area contributed by atoms with E-state index >= 15 is 0 Å². The molecule has 1 N–H and O–H groups in total. The topological polar surface area (TPSA) is 29.5 Å². The van der Waals surface area contributed by atoms with Crippen molar-refractivity contribution in [1.82, 2.24) is 0 Å². The molecule has 2 aromatic rings. The summed E-state index contributed by atoms with van der Waals surface area (Å²) in [6, 6.07) is 13.7. The number of ether oxygens (including phenoxy) is 1. The van der Waals surface area contributed by atoms with Crippen LogP contribution in [0.5, 0.6) is 5.75 Å². The molecule has 0 radical (unpaired) electrons. The second kappa shape index (κ2) is 6.27. The molecule has 112 valence electrons. The van der Waals surface area contributed by atoms with Gasteiger partial charge in [0.25, 0.3) is 0 Å². The average molecular weight is 288 g/mol. The molecule has 0 spiro atoms. The number of benzene rings is 2. The van der Waals surface area contributed by atoms with Crippen LogP contribution in [0.2, 0.25) is 0 Å². The first kappa shape index (κ1) is 15.5. The number of para-hydroxylation sites is 1. The van der Waals surface area contributed by atoms with Crippen LogP contribution in [-0.4, -0.2) is 11.7 Å². The summed E-state index contributed by atoms with van der Waals surface area (Å²) in [5.41, 5.74) is 1.07. The lowest BCUT2D eigenvalue weighted by Gasteiger charge is -2.32. The molecule has 3 heteroatoms. The van der Waals surface area contributed by atoms with Crippen molar-refractivity contribution in [3.05, 3.63) is 65.5 Å². The molecule has 0 saturated carbocycles. The van der Waals surface area contributed by atoms with E-state index in [1.807, 2.05) is 45.0 Å². The van der Waals surface area contributed by atoms with E-state index in [1.54, 1.807) is 12.1 Å². The fraction of sp³-hybridized carbons (Fsp3) is 0.333. The molecule has 0 aliphatic heterocycles. The maximum absolute atomic E-state index is 13.1. The molecule has 2 nitrogen and oxygen atoms in total. The van der Waals surface area contributed by atoms with Gasteiger partial charge in [-0.05, 0) is 30.7 Å². The van der Waals surface area contributed by atoms with Crippen LogP contribution in [0, 0.1) is 5.82 Å². The van der Waals surface area contributed by atoms with Crippen LogP contribution in [0.1, 0.15) is 38.0 Å². The van der Waals surface area contributed by atoms with E-state index in [-0.39, 0.29) is 5.82 Å². The fourth-order valence-electron chi connectivity index (χ4n) is 2.42. The number of halogens is 1.